The molecule has 5 rings (SSSR count). The van der Waals surface area contributed by atoms with Crippen molar-refractivity contribution in [2.75, 3.05) is 10.2 Å². The van der Waals surface area contributed by atoms with E-state index < -0.39 is 17.8 Å². The van der Waals surface area contributed by atoms with Crippen LogP contribution >= 0.6 is 0 Å². The number of fused-ring (bicyclic) bond motifs is 2. The highest BCUT2D eigenvalue weighted by atomic mass is 19.1. The minimum atomic E-state index is -1.11. The summed E-state index contributed by atoms with van der Waals surface area (Å²) >= 11 is 0. The van der Waals surface area contributed by atoms with Gasteiger partial charge in [-0.25, -0.2) is 18.6 Å². The van der Waals surface area contributed by atoms with Gasteiger partial charge in [-0.15, -0.1) is 0 Å². The number of aromatic nitrogens is 2. The van der Waals surface area contributed by atoms with Gasteiger partial charge in [-0.1, -0.05) is 18.2 Å². The first-order valence-corrected chi connectivity index (χ1v) is 11.5. The van der Waals surface area contributed by atoms with Gasteiger partial charge in [-0.2, -0.15) is 0 Å². The van der Waals surface area contributed by atoms with E-state index in [0.717, 1.165) is 11.1 Å². The summed E-state index contributed by atoms with van der Waals surface area (Å²) in [6.45, 7) is 4.08. The Morgan fingerprint density at radius 2 is 1.83 bits per heavy atom. The number of carbonyl (C=O) groups is 1. The molecular weight excluding hydrogens is 466 g/mol. The lowest BCUT2D eigenvalue weighted by atomic mass is 9.99. The average Bonchev–Trinajstić information content (AvgIpc) is 3.25. The predicted octanol–water partition coefficient (Wildman–Crippen LogP) is 4.91. The van der Waals surface area contributed by atoms with E-state index in [9.17, 15) is 19.1 Å². The number of anilines is 2. The second-order valence-corrected chi connectivity index (χ2v) is 9.08. The number of nitrogens with zero attached hydrogens (tertiary/aromatic N) is 3. The topological polar surface area (TPSA) is 87.5 Å². The molecule has 0 saturated carbocycles. The van der Waals surface area contributed by atoms with Crippen LogP contribution in [-0.4, -0.2) is 20.6 Å². The normalized spacial score (nSPS) is 13.6. The van der Waals surface area contributed by atoms with Crippen molar-refractivity contribution in [3.63, 3.8) is 0 Å². The van der Waals surface area contributed by atoms with Crippen molar-refractivity contribution >= 4 is 28.5 Å². The van der Waals surface area contributed by atoms with E-state index in [1.54, 1.807) is 45.2 Å². The van der Waals surface area contributed by atoms with Gasteiger partial charge < -0.3 is 15.3 Å². The first kappa shape index (κ1) is 23.5. The molecule has 1 aromatic heterocycles. The fourth-order valence-electron chi connectivity index (χ4n) is 4.82. The molecule has 0 aliphatic carbocycles. The maximum Gasteiger partial charge on any atom is 0.337 e. The summed E-state index contributed by atoms with van der Waals surface area (Å²) in [6.07, 6.45) is 0. The molecule has 0 radical (unpaired) electrons. The average molecular weight is 491 g/mol. The minimum Gasteiger partial charge on any atom is -0.478 e. The van der Waals surface area contributed by atoms with E-state index in [1.807, 2.05) is 4.90 Å². The molecule has 36 heavy (non-hydrogen) atoms. The van der Waals surface area contributed by atoms with Crippen LogP contribution in [0.2, 0.25) is 0 Å². The Morgan fingerprint density at radius 3 is 2.58 bits per heavy atom. The number of halogens is 2. The Hall–Kier alpha value is -4.27. The Morgan fingerprint density at radius 1 is 1.11 bits per heavy atom. The maximum atomic E-state index is 15.6. The molecule has 0 fully saturated rings. The zero-order chi connectivity index (χ0) is 25.7. The van der Waals surface area contributed by atoms with Gasteiger partial charge in [0.2, 0.25) is 5.95 Å². The van der Waals surface area contributed by atoms with Crippen molar-refractivity contribution in [3.05, 3.63) is 98.3 Å². The molecule has 184 valence electrons. The van der Waals surface area contributed by atoms with Crippen LogP contribution in [0.25, 0.3) is 10.9 Å². The summed E-state index contributed by atoms with van der Waals surface area (Å²) in [7, 11) is 1.61. The Labute approximate surface area is 205 Å². The molecule has 9 heteroatoms. The van der Waals surface area contributed by atoms with E-state index in [4.69, 9.17) is 4.98 Å². The lowest BCUT2D eigenvalue weighted by Gasteiger charge is -2.23. The predicted molar refractivity (Wildman–Crippen MR) is 133 cm³/mol. The van der Waals surface area contributed by atoms with Gasteiger partial charge in [0, 0.05) is 31.4 Å². The third-order valence-corrected chi connectivity index (χ3v) is 6.64. The summed E-state index contributed by atoms with van der Waals surface area (Å²) in [5, 5.41) is 12.9. The molecule has 3 aromatic carbocycles. The van der Waals surface area contributed by atoms with Crippen molar-refractivity contribution in [2.24, 2.45) is 7.05 Å². The van der Waals surface area contributed by atoms with Crippen LogP contribution in [0.5, 0.6) is 0 Å². The molecule has 0 spiro atoms. The van der Waals surface area contributed by atoms with Crippen molar-refractivity contribution < 1.29 is 18.7 Å². The number of rotatable bonds is 5. The number of nitrogens with one attached hydrogen (secondary N) is 1. The number of para-hydroxylation sites is 1. The SMILES string of the molecule is Cc1cc2c(=O)n(C)c(N3Cc4ccc(F)cc4C3)nc2c(C(C)Nc2ccccc2C(=O)O)c1F. The highest BCUT2D eigenvalue weighted by molar-refractivity contribution is 5.94. The van der Waals surface area contributed by atoms with Crippen LogP contribution in [0.4, 0.5) is 20.4 Å². The molecule has 2 heterocycles. The maximum absolute atomic E-state index is 15.6. The molecular formula is C27H24F2N4O3. The molecule has 0 saturated heterocycles. The molecule has 7 nitrogen and oxygen atoms in total. The molecule has 1 aliphatic rings. The van der Waals surface area contributed by atoms with Gasteiger partial charge in [0.15, 0.2) is 0 Å². The first-order valence-electron chi connectivity index (χ1n) is 11.5. The van der Waals surface area contributed by atoms with Gasteiger partial charge in [0.25, 0.3) is 5.56 Å². The third-order valence-electron chi connectivity index (χ3n) is 6.64. The smallest absolute Gasteiger partial charge is 0.337 e. The van der Waals surface area contributed by atoms with E-state index in [-0.39, 0.29) is 39.0 Å². The second-order valence-electron chi connectivity index (χ2n) is 9.08. The lowest BCUT2D eigenvalue weighted by molar-refractivity contribution is 0.0698. The highest BCUT2D eigenvalue weighted by Gasteiger charge is 2.27. The molecule has 2 N–H and O–H groups in total. The fraction of sp³-hybridized carbons (Fsp3) is 0.222. The highest BCUT2D eigenvalue weighted by Crippen LogP contribution is 2.33. The molecule has 1 unspecified atom stereocenters. The van der Waals surface area contributed by atoms with E-state index in [1.165, 1.54) is 28.8 Å². The zero-order valence-electron chi connectivity index (χ0n) is 20.0. The largest absolute Gasteiger partial charge is 0.478 e. The van der Waals surface area contributed by atoms with Gasteiger partial charge in [0.05, 0.1) is 22.5 Å². The monoisotopic (exact) mass is 490 g/mol. The van der Waals surface area contributed by atoms with Crippen molar-refractivity contribution in [2.45, 2.75) is 33.0 Å². The molecule has 0 bridgehead atoms. The van der Waals surface area contributed by atoms with E-state index in [0.29, 0.717) is 24.7 Å². The standard InChI is InChI=1S/C27H24F2N4O3/c1-14-10-20-24(22(23(14)29)15(2)30-21-7-5-4-6-19(21)26(35)36)31-27(32(3)25(20)34)33-12-16-8-9-18(28)11-17(16)13-33/h4-11,15,30H,12-13H2,1-3H3,(H,35,36). The first-order chi connectivity index (χ1) is 17.2. The Kier molecular flexibility index (Phi) is 5.70. The van der Waals surface area contributed by atoms with Crippen molar-refractivity contribution in [1.29, 1.82) is 0 Å². The third kappa shape index (κ3) is 3.86. The van der Waals surface area contributed by atoms with Gasteiger partial charge in [-0.05, 0) is 60.9 Å². The second kappa shape index (κ2) is 8.75. The van der Waals surface area contributed by atoms with Crippen LogP contribution in [0.3, 0.4) is 0 Å². The van der Waals surface area contributed by atoms with Gasteiger partial charge in [0.1, 0.15) is 11.6 Å². The number of hydrogen-bond donors (Lipinski definition) is 2. The number of aryl methyl sites for hydroxylation is 1. The number of benzene rings is 3. The Balaban J connectivity index is 1.64. The summed E-state index contributed by atoms with van der Waals surface area (Å²) in [6, 6.07) is 11.7. The number of carboxylic acid groups (broad SMARTS) is 1. The zero-order valence-corrected chi connectivity index (χ0v) is 20.0. The minimum absolute atomic E-state index is 0.0494. The van der Waals surface area contributed by atoms with Gasteiger partial charge >= 0.3 is 5.97 Å². The molecule has 0 amide bonds. The van der Waals surface area contributed by atoms with E-state index >= 15 is 4.39 Å². The fourth-order valence-corrected chi connectivity index (χ4v) is 4.82. The number of aromatic carboxylic acids is 1. The van der Waals surface area contributed by atoms with Crippen LogP contribution in [0.1, 0.15) is 45.6 Å². The van der Waals surface area contributed by atoms with Crippen LogP contribution in [0.15, 0.2) is 53.3 Å². The van der Waals surface area contributed by atoms with Crippen molar-refractivity contribution in [1.82, 2.24) is 9.55 Å². The number of hydrogen-bond acceptors (Lipinski definition) is 5. The van der Waals surface area contributed by atoms with Crippen LogP contribution < -0.4 is 15.8 Å². The van der Waals surface area contributed by atoms with Gasteiger partial charge in [-0.3, -0.25) is 9.36 Å². The van der Waals surface area contributed by atoms with Crippen LogP contribution in [0, 0.1) is 18.6 Å². The quantitative estimate of drug-likeness (QED) is 0.413. The number of carboxylic acids is 1. The molecule has 4 aromatic rings. The summed E-state index contributed by atoms with van der Waals surface area (Å²) in [4.78, 5) is 31.6. The summed E-state index contributed by atoms with van der Waals surface area (Å²) in [5.41, 5.74) is 2.44. The molecule has 1 atom stereocenters. The van der Waals surface area contributed by atoms with E-state index in [2.05, 4.69) is 5.32 Å². The van der Waals surface area contributed by atoms with Crippen LogP contribution in [-0.2, 0) is 20.1 Å². The Bertz CT molecular complexity index is 1600. The molecule has 1 aliphatic heterocycles. The lowest BCUT2D eigenvalue weighted by Crippen LogP contribution is -2.29. The summed E-state index contributed by atoms with van der Waals surface area (Å²) < 4.78 is 30.8. The van der Waals surface area contributed by atoms with Crippen molar-refractivity contribution in [3.8, 4) is 0 Å². The summed E-state index contributed by atoms with van der Waals surface area (Å²) in [5.74, 6) is -1.63.